The molecule has 4 rings (SSSR count). The SMILES string of the molecule is COc1ccc(Cl)cc1NC(=O)[C@@H](Cc1ccccc1)N1Cc2ccccc2C1=O. The fraction of sp³-hybridized carbons (Fsp3) is 0.167. The number of ether oxygens (including phenoxy) is 1. The predicted molar refractivity (Wildman–Crippen MR) is 117 cm³/mol. The molecule has 0 aliphatic carbocycles. The number of carbonyl (C=O) groups is 2. The highest BCUT2D eigenvalue weighted by Crippen LogP contribution is 2.30. The minimum absolute atomic E-state index is 0.139. The molecular formula is C24H21ClN2O3. The van der Waals surface area contributed by atoms with E-state index in [2.05, 4.69) is 5.32 Å². The minimum atomic E-state index is -0.684. The first-order chi connectivity index (χ1) is 14.6. The molecule has 0 bridgehead atoms. The lowest BCUT2D eigenvalue weighted by molar-refractivity contribution is -0.120. The maximum absolute atomic E-state index is 13.4. The summed E-state index contributed by atoms with van der Waals surface area (Å²) in [5.41, 5.74) is 3.01. The predicted octanol–water partition coefficient (Wildman–Crippen LogP) is 4.55. The van der Waals surface area contributed by atoms with Gasteiger partial charge in [0.05, 0.1) is 12.8 Å². The summed E-state index contributed by atoms with van der Waals surface area (Å²) in [6.45, 7) is 0.395. The quantitative estimate of drug-likeness (QED) is 0.636. The van der Waals surface area contributed by atoms with E-state index in [4.69, 9.17) is 16.3 Å². The average molecular weight is 421 g/mol. The zero-order valence-corrected chi connectivity index (χ0v) is 17.2. The summed E-state index contributed by atoms with van der Waals surface area (Å²) in [7, 11) is 1.53. The van der Waals surface area contributed by atoms with Crippen LogP contribution >= 0.6 is 11.6 Å². The van der Waals surface area contributed by atoms with E-state index in [1.165, 1.54) is 7.11 Å². The summed E-state index contributed by atoms with van der Waals surface area (Å²) in [6, 6.07) is 21.5. The van der Waals surface area contributed by atoms with Crippen molar-refractivity contribution in [3.8, 4) is 5.75 Å². The Morgan fingerprint density at radius 1 is 1.10 bits per heavy atom. The normalized spacial score (nSPS) is 13.7. The number of methoxy groups -OCH3 is 1. The van der Waals surface area contributed by atoms with Gasteiger partial charge in [-0.25, -0.2) is 0 Å². The van der Waals surface area contributed by atoms with E-state index in [1.54, 1.807) is 29.2 Å². The maximum atomic E-state index is 13.4. The van der Waals surface area contributed by atoms with Crippen LogP contribution in [-0.4, -0.2) is 29.9 Å². The van der Waals surface area contributed by atoms with Crippen molar-refractivity contribution in [3.63, 3.8) is 0 Å². The lowest BCUT2D eigenvalue weighted by Crippen LogP contribution is -2.45. The van der Waals surface area contributed by atoms with E-state index in [1.807, 2.05) is 48.5 Å². The number of nitrogens with zero attached hydrogens (tertiary/aromatic N) is 1. The monoisotopic (exact) mass is 420 g/mol. The van der Waals surface area contributed by atoms with Crippen LogP contribution in [0.3, 0.4) is 0 Å². The molecule has 0 unspecified atom stereocenters. The van der Waals surface area contributed by atoms with Gasteiger partial charge >= 0.3 is 0 Å². The molecule has 1 aliphatic heterocycles. The van der Waals surface area contributed by atoms with Crippen molar-refractivity contribution in [2.75, 3.05) is 12.4 Å². The van der Waals surface area contributed by atoms with Gasteiger partial charge in [0.1, 0.15) is 11.8 Å². The van der Waals surface area contributed by atoms with Crippen LogP contribution in [-0.2, 0) is 17.8 Å². The van der Waals surface area contributed by atoms with Crippen LogP contribution in [0.25, 0.3) is 0 Å². The Hall–Kier alpha value is -3.31. The number of rotatable bonds is 6. The van der Waals surface area contributed by atoms with Crippen LogP contribution in [0.1, 0.15) is 21.5 Å². The minimum Gasteiger partial charge on any atom is -0.495 e. The number of hydrogen-bond donors (Lipinski definition) is 1. The van der Waals surface area contributed by atoms with Gasteiger partial charge in [0.25, 0.3) is 5.91 Å². The molecule has 0 saturated carbocycles. The topological polar surface area (TPSA) is 58.6 Å². The van der Waals surface area contributed by atoms with Crippen LogP contribution in [0.4, 0.5) is 5.69 Å². The highest BCUT2D eigenvalue weighted by molar-refractivity contribution is 6.31. The highest BCUT2D eigenvalue weighted by atomic mass is 35.5. The van der Waals surface area contributed by atoms with E-state index in [9.17, 15) is 9.59 Å². The van der Waals surface area contributed by atoms with Crippen LogP contribution in [0, 0.1) is 0 Å². The number of halogens is 1. The Kier molecular flexibility index (Phi) is 5.72. The first kappa shape index (κ1) is 20.0. The van der Waals surface area contributed by atoms with Crippen molar-refractivity contribution in [1.29, 1.82) is 0 Å². The zero-order chi connectivity index (χ0) is 21.1. The van der Waals surface area contributed by atoms with E-state index in [0.29, 0.717) is 35.0 Å². The Bertz CT molecular complexity index is 1080. The lowest BCUT2D eigenvalue weighted by atomic mass is 10.0. The molecule has 0 aromatic heterocycles. The molecule has 0 saturated heterocycles. The second-order valence-electron chi connectivity index (χ2n) is 7.13. The molecule has 30 heavy (non-hydrogen) atoms. The van der Waals surface area contributed by atoms with Crippen LogP contribution < -0.4 is 10.1 Å². The van der Waals surface area contributed by atoms with E-state index in [0.717, 1.165) is 11.1 Å². The molecular weight excluding hydrogens is 400 g/mol. The number of anilines is 1. The van der Waals surface area contributed by atoms with Gasteiger partial charge in [-0.3, -0.25) is 9.59 Å². The summed E-state index contributed by atoms with van der Waals surface area (Å²) in [5.74, 6) is 0.0718. The summed E-state index contributed by atoms with van der Waals surface area (Å²) < 4.78 is 5.34. The van der Waals surface area contributed by atoms with Crippen molar-refractivity contribution in [2.45, 2.75) is 19.0 Å². The molecule has 0 spiro atoms. The van der Waals surface area contributed by atoms with Gasteiger partial charge in [-0.1, -0.05) is 60.1 Å². The fourth-order valence-corrected chi connectivity index (χ4v) is 3.88. The highest BCUT2D eigenvalue weighted by Gasteiger charge is 2.36. The number of hydrogen-bond acceptors (Lipinski definition) is 3. The average Bonchev–Trinajstić information content (AvgIpc) is 3.09. The Balaban J connectivity index is 1.65. The van der Waals surface area contributed by atoms with Gasteiger partial charge in [-0.05, 0) is 35.4 Å². The molecule has 5 nitrogen and oxygen atoms in total. The van der Waals surface area contributed by atoms with Crippen molar-refractivity contribution in [3.05, 3.63) is 94.5 Å². The molecule has 1 heterocycles. The Morgan fingerprint density at radius 3 is 2.57 bits per heavy atom. The smallest absolute Gasteiger partial charge is 0.255 e. The molecule has 152 valence electrons. The summed E-state index contributed by atoms with van der Waals surface area (Å²) >= 11 is 6.11. The van der Waals surface area contributed by atoms with Crippen LogP contribution in [0.15, 0.2) is 72.8 Å². The van der Waals surface area contributed by atoms with Crippen LogP contribution in [0.5, 0.6) is 5.75 Å². The maximum Gasteiger partial charge on any atom is 0.255 e. The molecule has 2 amide bonds. The van der Waals surface area contributed by atoms with Crippen molar-refractivity contribution in [2.24, 2.45) is 0 Å². The Morgan fingerprint density at radius 2 is 1.83 bits per heavy atom. The number of nitrogens with one attached hydrogen (secondary N) is 1. The lowest BCUT2D eigenvalue weighted by Gasteiger charge is -2.27. The summed E-state index contributed by atoms with van der Waals surface area (Å²) in [4.78, 5) is 28.1. The second-order valence-corrected chi connectivity index (χ2v) is 7.57. The molecule has 1 N–H and O–H groups in total. The summed E-state index contributed by atoms with van der Waals surface area (Å²) in [6.07, 6.45) is 0.398. The third kappa shape index (κ3) is 4.02. The van der Waals surface area contributed by atoms with Gasteiger partial charge in [-0.15, -0.1) is 0 Å². The van der Waals surface area contributed by atoms with E-state index >= 15 is 0 Å². The number of benzene rings is 3. The molecule has 1 atom stereocenters. The van der Waals surface area contributed by atoms with Crippen molar-refractivity contribution in [1.82, 2.24) is 4.90 Å². The largest absolute Gasteiger partial charge is 0.495 e. The number of amides is 2. The van der Waals surface area contributed by atoms with Crippen molar-refractivity contribution >= 4 is 29.1 Å². The fourth-order valence-electron chi connectivity index (χ4n) is 3.70. The van der Waals surface area contributed by atoms with Gasteiger partial charge in [-0.2, -0.15) is 0 Å². The third-order valence-electron chi connectivity index (χ3n) is 5.22. The summed E-state index contributed by atoms with van der Waals surface area (Å²) in [5, 5.41) is 3.39. The second kappa shape index (κ2) is 8.59. The third-order valence-corrected chi connectivity index (χ3v) is 5.45. The molecule has 0 fully saturated rings. The molecule has 1 aliphatic rings. The zero-order valence-electron chi connectivity index (χ0n) is 16.5. The van der Waals surface area contributed by atoms with Gasteiger partial charge in [0.15, 0.2) is 0 Å². The number of fused-ring (bicyclic) bond motifs is 1. The van der Waals surface area contributed by atoms with E-state index < -0.39 is 6.04 Å². The number of carbonyl (C=O) groups excluding carboxylic acids is 2. The Labute approximate surface area is 180 Å². The molecule has 3 aromatic rings. The van der Waals surface area contributed by atoms with Crippen molar-refractivity contribution < 1.29 is 14.3 Å². The molecule has 3 aromatic carbocycles. The first-order valence-electron chi connectivity index (χ1n) is 9.64. The molecule has 6 heteroatoms. The van der Waals surface area contributed by atoms with E-state index in [-0.39, 0.29) is 11.8 Å². The van der Waals surface area contributed by atoms with Crippen LogP contribution in [0.2, 0.25) is 5.02 Å². The molecule has 0 radical (unpaired) electrons. The van der Waals surface area contributed by atoms with Gasteiger partial charge < -0.3 is 15.0 Å². The van der Waals surface area contributed by atoms with Gasteiger partial charge in [0.2, 0.25) is 5.91 Å². The van der Waals surface area contributed by atoms with Gasteiger partial charge in [0, 0.05) is 23.6 Å². The first-order valence-corrected chi connectivity index (χ1v) is 10.0. The standard InChI is InChI=1S/C24H21ClN2O3/c1-30-22-12-11-18(25)14-20(22)26-23(28)21(13-16-7-3-2-4-8-16)27-15-17-9-5-6-10-19(17)24(27)29/h2-12,14,21H,13,15H2,1H3,(H,26,28)/t21-/m1/s1.